The minimum atomic E-state index is -1.43. The second-order valence-electron chi connectivity index (χ2n) is 8.32. The van der Waals surface area contributed by atoms with Crippen LogP contribution in [0.5, 0.6) is 17.2 Å². The zero-order valence-electron chi connectivity index (χ0n) is 20.1. The molecule has 8 nitrogen and oxygen atoms in total. The van der Waals surface area contributed by atoms with Crippen LogP contribution >= 0.6 is 15.9 Å². The number of rotatable bonds is 11. The van der Waals surface area contributed by atoms with Crippen molar-refractivity contribution in [3.8, 4) is 28.5 Å². The molecular weight excluding hydrogens is 535 g/mol. The zero-order chi connectivity index (χ0) is 26.5. The minimum absolute atomic E-state index is 0.0308. The van der Waals surface area contributed by atoms with Crippen LogP contribution in [0.15, 0.2) is 53.0 Å². The number of aliphatic hydroxyl groups is 2. The molecule has 36 heavy (non-hydrogen) atoms. The van der Waals surface area contributed by atoms with E-state index in [-0.39, 0.29) is 29.7 Å². The zero-order valence-corrected chi connectivity index (χ0v) is 21.7. The molecule has 0 bridgehead atoms. The van der Waals surface area contributed by atoms with Gasteiger partial charge in [-0.05, 0) is 77.8 Å². The number of nitrogens with zero attached hydrogens (tertiary/aromatic N) is 1. The standard InChI is InChI=1S/C26H28BrFN2O6/c1-26(33,11-10-19(31)15-5-7-20(22(13-15)35-3)36-14-24(29)32)23-9-8-21(34-2)25(30-23)16-4-6-18(28)17(27)12-16/h4-9,12-13,24,32-33H,10-11,14,29H2,1-3H3. The lowest BCUT2D eigenvalue weighted by molar-refractivity contribution is 0.0397. The van der Waals surface area contributed by atoms with Gasteiger partial charge < -0.3 is 30.2 Å². The number of aromatic nitrogens is 1. The predicted molar refractivity (Wildman–Crippen MR) is 136 cm³/mol. The lowest BCUT2D eigenvalue weighted by atomic mass is 9.92. The summed E-state index contributed by atoms with van der Waals surface area (Å²) in [7, 11) is 2.94. The highest BCUT2D eigenvalue weighted by molar-refractivity contribution is 9.10. The Hall–Kier alpha value is -3.05. The van der Waals surface area contributed by atoms with E-state index in [0.717, 1.165) is 0 Å². The number of methoxy groups -OCH3 is 2. The molecule has 3 aromatic rings. The summed E-state index contributed by atoms with van der Waals surface area (Å²) in [6.45, 7) is 1.45. The van der Waals surface area contributed by atoms with Gasteiger partial charge in [-0.2, -0.15) is 0 Å². The first-order chi connectivity index (χ1) is 17.1. The van der Waals surface area contributed by atoms with E-state index < -0.39 is 17.6 Å². The molecule has 1 aromatic heterocycles. The van der Waals surface area contributed by atoms with Gasteiger partial charge in [-0.1, -0.05) is 0 Å². The molecule has 2 unspecified atom stereocenters. The largest absolute Gasteiger partial charge is 0.494 e. The summed E-state index contributed by atoms with van der Waals surface area (Å²) in [5.74, 6) is 0.497. The van der Waals surface area contributed by atoms with Crippen molar-refractivity contribution in [1.82, 2.24) is 4.98 Å². The molecule has 2 aromatic carbocycles. The summed E-state index contributed by atoms with van der Waals surface area (Å²) in [4.78, 5) is 17.5. The number of hydrogen-bond donors (Lipinski definition) is 3. The van der Waals surface area contributed by atoms with Gasteiger partial charge in [0.1, 0.15) is 35.7 Å². The summed E-state index contributed by atoms with van der Waals surface area (Å²) in [5.41, 5.74) is 5.62. The third-order valence-electron chi connectivity index (χ3n) is 5.56. The molecule has 0 aliphatic carbocycles. The number of nitrogens with two attached hydrogens (primary N) is 1. The molecule has 0 spiro atoms. The van der Waals surface area contributed by atoms with Gasteiger partial charge in [0.25, 0.3) is 0 Å². The second kappa shape index (κ2) is 11.8. The van der Waals surface area contributed by atoms with Crippen LogP contribution < -0.4 is 19.9 Å². The van der Waals surface area contributed by atoms with Crippen LogP contribution in [0.4, 0.5) is 4.39 Å². The first-order valence-corrected chi connectivity index (χ1v) is 11.9. The Morgan fingerprint density at radius 1 is 1.11 bits per heavy atom. The van der Waals surface area contributed by atoms with Gasteiger partial charge in [0.2, 0.25) is 0 Å². The first-order valence-electron chi connectivity index (χ1n) is 11.1. The van der Waals surface area contributed by atoms with Crippen molar-refractivity contribution < 1.29 is 33.6 Å². The van der Waals surface area contributed by atoms with Gasteiger partial charge in [-0.3, -0.25) is 4.79 Å². The average Bonchev–Trinajstić information content (AvgIpc) is 2.87. The topological polar surface area (TPSA) is 124 Å². The van der Waals surface area contributed by atoms with E-state index in [2.05, 4.69) is 20.9 Å². The second-order valence-corrected chi connectivity index (χ2v) is 9.17. The maximum Gasteiger partial charge on any atom is 0.163 e. The molecule has 10 heteroatoms. The number of carbonyl (C=O) groups excluding carboxylic acids is 1. The highest BCUT2D eigenvalue weighted by Crippen LogP contribution is 2.35. The summed E-state index contributed by atoms with van der Waals surface area (Å²) in [6.07, 6.45) is -1.02. The molecule has 0 radical (unpaired) electrons. The smallest absolute Gasteiger partial charge is 0.163 e. The first kappa shape index (κ1) is 27.5. The van der Waals surface area contributed by atoms with Crippen molar-refractivity contribution in [3.63, 3.8) is 0 Å². The number of Topliss-reactive ketones (excluding diaryl/α,β-unsaturated/α-hetero) is 1. The van der Waals surface area contributed by atoms with E-state index >= 15 is 0 Å². The fourth-order valence-electron chi connectivity index (χ4n) is 3.53. The maximum absolute atomic E-state index is 13.7. The minimum Gasteiger partial charge on any atom is -0.494 e. The molecule has 0 aliphatic heterocycles. The number of halogens is 2. The van der Waals surface area contributed by atoms with Gasteiger partial charge in [0.15, 0.2) is 17.3 Å². The number of hydrogen-bond acceptors (Lipinski definition) is 8. The lowest BCUT2D eigenvalue weighted by Crippen LogP contribution is -2.27. The van der Waals surface area contributed by atoms with Crippen molar-refractivity contribution in [2.75, 3.05) is 20.8 Å². The molecule has 3 rings (SSSR count). The van der Waals surface area contributed by atoms with Crippen molar-refractivity contribution in [2.45, 2.75) is 31.6 Å². The number of carbonyl (C=O) groups is 1. The van der Waals surface area contributed by atoms with E-state index in [4.69, 9.17) is 19.9 Å². The van der Waals surface area contributed by atoms with Crippen molar-refractivity contribution in [2.24, 2.45) is 5.73 Å². The molecule has 1 heterocycles. The molecule has 0 aliphatic rings. The molecule has 192 valence electrons. The summed E-state index contributed by atoms with van der Waals surface area (Å²) in [6, 6.07) is 12.4. The van der Waals surface area contributed by atoms with E-state index in [0.29, 0.717) is 39.8 Å². The number of pyridine rings is 1. The summed E-state index contributed by atoms with van der Waals surface area (Å²) in [5, 5.41) is 20.4. The van der Waals surface area contributed by atoms with Crippen molar-refractivity contribution in [1.29, 1.82) is 0 Å². The van der Waals surface area contributed by atoms with Crippen LogP contribution in [-0.2, 0) is 5.60 Å². The Morgan fingerprint density at radius 3 is 2.44 bits per heavy atom. The average molecular weight is 563 g/mol. The van der Waals surface area contributed by atoms with Crippen LogP contribution in [0, 0.1) is 5.82 Å². The Balaban J connectivity index is 1.79. The van der Waals surface area contributed by atoms with Gasteiger partial charge >= 0.3 is 0 Å². The highest BCUT2D eigenvalue weighted by Gasteiger charge is 2.28. The normalized spacial score (nSPS) is 13.6. The maximum atomic E-state index is 13.7. The number of aliphatic hydroxyl groups excluding tert-OH is 1. The van der Waals surface area contributed by atoms with Gasteiger partial charge in [0, 0.05) is 17.5 Å². The van der Waals surface area contributed by atoms with Crippen LogP contribution in [0.1, 0.15) is 35.8 Å². The van der Waals surface area contributed by atoms with Crippen molar-refractivity contribution in [3.05, 3.63) is 70.1 Å². The number of benzene rings is 2. The molecule has 0 fully saturated rings. The monoisotopic (exact) mass is 562 g/mol. The van der Waals surface area contributed by atoms with Crippen molar-refractivity contribution >= 4 is 21.7 Å². The van der Waals surface area contributed by atoms with E-state index in [1.54, 1.807) is 43.3 Å². The predicted octanol–water partition coefficient (Wildman–Crippen LogP) is 4.19. The molecule has 0 saturated heterocycles. The number of ketones is 1. The Labute approximate surface area is 217 Å². The SMILES string of the molecule is COc1cc(C(=O)CCC(C)(O)c2ccc(OC)c(-c3ccc(F)c(Br)c3)n2)ccc1OCC(N)O. The lowest BCUT2D eigenvalue weighted by Gasteiger charge is -2.24. The quantitative estimate of drug-likeness (QED) is 0.234. The molecular formula is C26H28BrFN2O6. The fraction of sp³-hybridized carbons (Fsp3) is 0.308. The highest BCUT2D eigenvalue weighted by atomic mass is 79.9. The van der Waals surface area contributed by atoms with E-state index in [1.165, 1.54) is 26.4 Å². The third-order valence-corrected chi connectivity index (χ3v) is 6.16. The summed E-state index contributed by atoms with van der Waals surface area (Å²) < 4.78 is 30.1. The van der Waals surface area contributed by atoms with E-state index in [1.807, 2.05) is 0 Å². The van der Waals surface area contributed by atoms with Crippen LogP contribution in [0.2, 0.25) is 0 Å². The fourth-order valence-corrected chi connectivity index (χ4v) is 3.90. The van der Waals surface area contributed by atoms with Crippen LogP contribution in [0.3, 0.4) is 0 Å². The molecule has 4 N–H and O–H groups in total. The third kappa shape index (κ3) is 6.58. The molecule has 0 saturated carbocycles. The van der Waals surface area contributed by atoms with Gasteiger partial charge in [0.05, 0.1) is 24.4 Å². The number of ether oxygens (including phenoxy) is 3. The molecule has 0 amide bonds. The van der Waals surface area contributed by atoms with Gasteiger partial charge in [-0.15, -0.1) is 0 Å². The summed E-state index contributed by atoms with van der Waals surface area (Å²) >= 11 is 3.18. The van der Waals surface area contributed by atoms with Crippen LogP contribution in [0.25, 0.3) is 11.3 Å². The van der Waals surface area contributed by atoms with Crippen LogP contribution in [-0.4, -0.2) is 48.0 Å². The Kier molecular flexibility index (Phi) is 9.02. The Bertz CT molecular complexity index is 1240. The Morgan fingerprint density at radius 2 is 1.81 bits per heavy atom. The van der Waals surface area contributed by atoms with Gasteiger partial charge in [-0.25, -0.2) is 9.37 Å². The molecule has 2 atom stereocenters. The van der Waals surface area contributed by atoms with E-state index in [9.17, 15) is 19.4 Å².